The van der Waals surface area contributed by atoms with Crippen molar-refractivity contribution < 1.29 is 9.59 Å². The average Bonchev–Trinajstić information content (AvgIpc) is 2.69. The summed E-state index contributed by atoms with van der Waals surface area (Å²) in [6.45, 7) is 0. The van der Waals surface area contributed by atoms with Gasteiger partial charge in [-0.3, -0.25) is 9.59 Å². The van der Waals surface area contributed by atoms with Gasteiger partial charge in [0.15, 0.2) is 5.78 Å². The largest absolute Gasteiger partial charge is 0.325 e. The van der Waals surface area contributed by atoms with Crippen LogP contribution in [0.5, 0.6) is 0 Å². The summed E-state index contributed by atoms with van der Waals surface area (Å²) >= 11 is 12.1. The van der Waals surface area contributed by atoms with Crippen LogP contribution in [0.2, 0.25) is 10.0 Å². The lowest BCUT2D eigenvalue weighted by molar-refractivity contribution is -0.118. The molecular weight excluding hydrogens is 381 g/mol. The number of Topliss-reactive ketones (excluding diaryl/α,β-unsaturated/α-hetero) is 1. The van der Waals surface area contributed by atoms with E-state index in [1.54, 1.807) is 54.6 Å². The van der Waals surface area contributed by atoms with Crippen LogP contribution in [0.25, 0.3) is 0 Å². The number of halogens is 2. The maximum Gasteiger partial charge on any atom is 0.235 e. The number of carbonyl (C=O) groups is 2. The molecule has 1 N–H and O–H groups in total. The lowest BCUT2D eigenvalue weighted by atomic mass is 9.90. The first-order chi connectivity index (χ1) is 13.0. The van der Waals surface area contributed by atoms with Crippen LogP contribution in [-0.4, -0.2) is 11.7 Å². The van der Waals surface area contributed by atoms with Gasteiger partial charge in [-0.1, -0.05) is 77.8 Å². The maximum absolute atomic E-state index is 13.0. The van der Waals surface area contributed by atoms with Gasteiger partial charge in [-0.2, -0.15) is 0 Å². The molecule has 0 aliphatic carbocycles. The minimum atomic E-state index is -0.884. The van der Waals surface area contributed by atoms with Crippen molar-refractivity contribution in [2.24, 2.45) is 5.92 Å². The van der Waals surface area contributed by atoms with Crippen molar-refractivity contribution in [1.29, 1.82) is 0 Å². The van der Waals surface area contributed by atoms with Crippen molar-refractivity contribution in [3.05, 3.63) is 100 Å². The second-order valence-corrected chi connectivity index (χ2v) is 6.91. The number of carbonyl (C=O) groups excluding carboxylic acids is 2. The van der Waals surface area contributed by atoms with Gasteiger partial charge in [0.05, 0.1) is 10.0 Å². The van der Waals surface area contributed by atoms with Gasteiger partial charge in [-0.05, 0) is 36.2 Å². The van der Waals surface area contributed by atoms with Crippen molar-refractivity contribution in [3.8, 4) is 0 Å². The van der Waals surface area contributed by atoms with Crippen molar-refractivity contribution in [1.82, 2.24) is 0 Å². The number of amides is 1. The van der Waals surface area contributed by atoms with Gasteiger partial charge in [0.1, 0.15) is 5.92 Å². The number of anilines is 1. The maximum atomic E-state index is 13.0. The minimum absolute atomic E-state index is 0.225. The first-order valence-corrected chi connectivity index (χ1v) is 9.19. The van der Waals surface area contributed by atoms with Gasteiger partial charge in [-0.25, -0.2) is 0 Å². The number of rotatable bonds is 6. The molecule has 0 radical (unpaired) electrons. The van der Waals surface area contributed by atoms with Crippen LogP contribution in [-0.2, 0) is 11.2 Å². The van der Waals surface area contributed by atoms with Crippen LogP contribution < -0.4 is 5.32 Å². The minimum Gasteiger partial charge on any atom is -0.325 e. The molecule has 0 aromatic heterocycles. The van der Waals surface area contributed by atoms with Gasteiger partial charge in [0.25, 0.3) is 0 Å². The Balaban J connectivity index is 1.89. The van der Waals surface area contributed by atoms with E-state index in [4.69, 9.17) is 23.2 Å². The molecule has 3 aromatic rings. The van der Waals surface area contributed by atoms with E-state index >= 15 is 0 Å². The SMILES string of the molecule is O=C(Nc1ccccc1)[C@@H](Cc1ccc(Cl)c(Cl)c1)C(=O)c1ccccc1. The first-order valence-electron chi connectivity index (χ1n) is 8.43. The Kier molecular flexibility index (Phi) is 6.28. The third-order valence-corrected chi connectivity index (χ3v) is 4.90. The van der Waals surface area contributed by atoms with Gasteiger partial charge in [0.2, 0.25) is 5.91 Å². The normalized spacial score (nSPS) is 11.6. The molecule has 3 rings (SSSR count). The zero-order chi connectivity index (χ0) is 19.2. The molecule has 0 heterocycles. The van der Waals surface area contributed by atoms with Gasteiger partial charge < -0.3 is 5.32 Å². The van der Waals surface area contributed by atoms with Crippen molar-refractivity contribution in [3.63, 3.8) is 0 Å². The fourth-order valence-corrected chi connectivity index (χ4v) is 3.08. The van der Waals surface area contributed by atoms with Crippen molar-refractivity contribution in [2.75, 3.05) is 5.32 Å². The fraction of sp³-hybridized carbons (Fsp3) is 0.0909. The van der Waals surface area contributed by atoms with Crippen LogP contribution in [0, 0.1) is 5.92 Å². The van der Waals surface area contributed by atoms with E-state index in [9.17, 15) is 9.59 Å². The number of hydrogen-bond acceptors (Lipinski definition) is 2. The van der Waals surface area contributed by atoms with Crippen molar-refractivity contribution >= 4 is 40.6 Å². The molecule has 0 aliphatic rings. The third kappa shape index (κ3) is 4.97. The number of hydrogen-bond donors (Lipinski definition) is 1. The zero-order valence-corrected chi connectivity index (χ0v) is 15.9. The van der Waals surface area contributed by atoms with E-state index in [1.165, 1.54) is 0 Å². The summed E-state index contributed by atoms with van der Waals surface area (Å²) in [6.07, 6.45) is 0.225. The summed E-state index contributed by atoms with van der Waals surface area (Å²) in [4.78, 5) is 25.9. The molecule has 0 saturated carbocycles. The summed E-state index contributed by atoms with van der Waals surface area (Å²) < 4.78 is 0. The highest BCUT2D eigenvalue weighted by Crippen LogP contribution is 2.25. The number of benzene rings is 3. The van der Waals surface area contributed by atoms with Gasteiger partial charge in [-0.15, -0.1) is 0 Å². The Bertz CT molecular complexity index is 943. The van der Waals surface area contributed by atoms with Crippen LogP contribution in [0.15, 0.2) is 78.9 Å². The molecule has 27 heavy (non-hydrogen) atoms. The fourth-order valence-electron chi connectivity index (χ4n) is 2.76. The van der Waals surface area contributed by atoms with E-state index in [0.29, 0.717) is 21.3 Å². The van der Waals surface area contributed by atoms with Gasteiger partial charge >= 0.3 is 0 Å². The highest BCUT2D eigenvalue weighted by Gasteiger charge is 2.28. The summed E-state index contributed by atoms with van der Waals surface area (Å²) in [5.74, 6) is -1.49. The Morgan fingerprint density at radius 3 is 2.07 bits per heavy atom. The van der Waals surface area contributed by atoms with E-state index < -0.39 is 5.92 Å². The van der Waals surface area contributed by atoms with Crippen LogP contribution >= 0.6 is 23.2 Å². The van der Waals surface area contributed by atoms with Gasteiger partial charge in [0, 0.05) is 11.3 Å². The van der Waals surface area contributed by atoms with E-state index in [0.717, 1.165) is 5.56 Å². The summed E-state index contributed by atoms with van der Waals surface area (Å²) in [5.41, 5.74) is 1.90. The number of para-hydroxylation sites is 1. The Hall–Kier alpha value is -2.62. The Labute approximate surface area is 167 Å². The number of nitrogens with one attached hydrogen (secondary N) is 1. The molecule has 1 amide bonds. The lowest BCUT2D eigenvalue weighted by Crippen LogP contribution is -2.31. The molecular formula is C22H17Cl2NO2. The predicted octanol–water partition coefficient (Wildman–Crippen LogP) is 5.67. The molecule has 136 valence electrons. The van der Waals surface area contributed by atoms with E-state index in [1.807, 2.05) is 24.3 Å². The molecule has 0 fully saturated rings. The third-order valence-electron chi connectivity index (χ3n) is 4.16. The van der Waals surface area contributed by atoms with Crippen LogP contribution in [0.3, 0.4) is 0 Å². The summed E-state index contributed by atoms with van der Waals surface area (Å²) in [7, 11) is 0. The Morgan fingerprint density at radius 2 is 1.44 bits per heavy atom. The molecule has 0 saturated heterocycles. The summed E-state index contributed by atoms with van der Waals surface area (Å²) in [5, 5.41) is 3.64. The topological polar surface area (TPSA) is 46.2 Å². The zero-order valence-electron chi connectivity index (χ0n) is 14.4. The second-order valence-electron chi connectivity index (χ2n) is 6.09. The molecule has 0 bridgehead atoms. The Morgan fingerprint density at radius 1 is 0.815 bits per heavy atom. The number of ketones is 1. The van der Waals surface area contributed by atoms with E-state index in [2.05, 4.69) is 5.32 Å². The van der Waals surface area contributed by atoms with E-state index in [-0.39, 0.29) is 18.1 Å². The highest BCUT2D eigenvalue weighted by atomic mass is 35.5. The molecule has 0 unspecified atom stereocenters. The molecule has 0 aliphatic heterocycles. The van der Waals surface area contributed by atoms with Crippen LogP contribution in [0.1, 0.15) is 15.9 Å². The molecule has 3 nitrogen and oxygen atoms in total. The summed E-state index contributed by atoms with van der Waals surface area (Å²) in [6, 6.07) is 23.0. The molecule has 3 aromatic carbocycles. The predicted molar refractivity (Wildman–Crippen MR) is 110 cm³/mol. The second kappa shape index (κ2) is 8.85. The molecule has 0 spiro atoms. The highest BCUT2D eigenvalue weighted by molar-refractivity contribution is 6.42. The standard InChI is InChI=1S/C22H17Cl2NO2/c23-19-12-11-15(14-20(19)24)13-18(21(26)16-7-3-1-4-8-16)22(27)25-17-9-5-2-6-10-17/h1-12,14,18H,13H2,(H,25,27)/t18-/m0/s1. The van der Waals surface area contributed by atoms with Crippen LogP contribution in [0.4, 0.5) is 5.69 Å². The monoisotopic (exact) mass is 397 g/mol. The quantitative estimate of drug-likeness (QED) is 0.429. The first kappa shape index (κ1) is 19.2. The molecule has 5 heteroatoms. The van der Waals surface area contributed by atoms with Crippen molar-refractivity contribution in [2.45, 2.75) is 6.42 Å². The average molecular weight is 398 g/mol. The molecule has 1 atom stereocenters. The smallest absolute Gasteiger partial charge is 0.235 e. The lowest BCUT2D eigenvalue weighted by Gasteiger charge is -2.17.